The fraction of sp³-hybridized carbons (Fsp3) is 0.200. The van der Waals surface area contributed by atoms with Crippen LogP contribution in [0.1, 0.15) is 5.56 Å². The largest absolute Gasteiger partial charge is 0.380 e. The number of benzene rings is 2. The molecule has 0 saturated heterocycles. The summed E-state index contributed by atoms with van der Waals surface area (Å²) in [5, 5.41) is 3.39. The molecule has 0 amide bonds. The number of halogens is 3. The number of rotatable bonds is 3. The van der Waals surface area contributed by atoms with Gasteiger partial charge in [0.1, 0.15) is 5.82 Å². The van der Waals surface area contributed by atoms with Gasteiger partial charge in [0.15, 0.2) is 5.82 Å². The van der Waals surface area contributed by atoms with Crippen LogP contribution in [0, 0.1) is 11.6 Å². The molecule has 0 spiro atoms. The van der Waals surface area contributed by atoms with Gasteiger partial charge in [-0.3, -0.25) is 0 Å². The van der Waals surface area contributed by atoms with Crippen molar-refractivity contribution in [3.8, 4) is 0 Å². The molecule has 3 rings (SSSR count). The molecule has 0 radical (unpaired) electrons. The highest BCUT2D eigenvalue weighted by atomic mass is 35.5. The number of hydrogen-bond acceptors (Lipinski definition) is 2. The van der Waals surface area contributed by atoms with E-state index in [0.717, 1.165) is 18.6 Å². The zero-order valence-corrected chi connectivity index (χ0v) is 12.1. The molecule has 0 bridgehead atoms. The Balaban J connectivity index is 1.67. The third-order valence-electron chi connectivity index (χ3n) is 3.23. The normalized spacial score (nSPS) is 17.1. The van der Waals surface area contributed by atoms with Gasteiger partial charge < -0.3 is 5.32 Å². The van der Waals surface area contributed by atoms with Crippen LogP contribution in [0.15, 0.2) is 41.3 Å². The van der Waals surface area contributed by atoms with E-state index in [4.69, 9.17) is 11.6 Å². The maximum Gasteiger partial charge on any atom is 0.150 e. The zero-order chi connectivity index (χ0) is 14.1. The summed E-state index contributed by atoms with van der Waals surface area (Å²) < 4.78 is 26.6. The fourth-order valence-corrected chi connectivity index (χ4v) is 3.80. The lowest BCUT2D eigenvalue weighted by atomic mass is 10.1. The molecule has 20 heavy (non-hydrogen) atoms. The summed E-state index contributed by atoms with van der Waals surface area (Å²) in [6, 6.07) is 10.2. The Morgan fingerprint density at radius 3 is 2.80 bits per heavy atom. The molecule has 2 aromatic carbocycles. The van der Waals surface area contributed by atoms with Crippen molar-refractivity contribution >= 4 is 29.1 Å². The average Bonchev–Trinajstić information content (AvgIpc) is 2.80. The van der Waals surface area contributed by atoms with Gasteiger partial charge in [-0.05, 0) is 24.1 Å². The smallest absolute Gasteiger partial charge is 0.150 e. The summed E-state index contributed by atoms with van der Waals surface area (Å²) in [5.41, 5.74) is 1.49. The molecule has 1 nitrogen and oxygen atoms in total. The number of thioether (sulfide) groups is 1. The van der Waals surface area contributed by atoms with Gasteiger partial charge in [0.2, 0.25) is 0 Å². The van der Waals surface area contributed by atoms with Crippen LogP contribution in [0.3, 0.4) is 0 Å². The second-order valence-electron chi connectivity index (χ2n) is 4.68. The van der Waals surface area contributed by atoms with Gasteiger partial charge in [-0.2, -0.15) is 0 Å². The van der Waals surface area contributed by atoms with Crippen molar-refractivity contribution in [2.24, 2.45) is 0 Å². The molecule has 2 aromatic rings. The lowest BCUT2D eigenvalue weighted by molar-refractivity contribution is 0.585. The van der Waals surface area contributed by atoms with Gasteiger partial charge in [-0.1, -0.05) is 29.8 Å². The summed E-state index contributed by atoms with van der Waals surface area (Å²) in [6.45, 7) is 0.585. The SMILES string of the molecule is Fc1cc(F)c(NCC2Cc3ccccc3S2)c(Cl)c1. The Bertz CT molecular complexity index is 600. The fourth-order valence-electron chi connectivity index (χ4n) is 2.29. The zero-order valence-electron chi connectivity index (χ0n) is 10.5. The number of nitrogens with one attached hydrogen (secondary N) is 1. The van der Waals surface area contributed by atoms with E-state index in [9.17, 15) is 8.78 Å². The van der Waals surface area contributed by atoms with Crippen molar-refractivity contribution < 1.29 is 8.78 Å². The summed E-state index contributed by atoms with van der Waals surface area (Å²) in [4.78, 5) is 1.27. The highest BCUT2D eigenvalue weighted by molar-refractivity contribution is 8.00. The lowest BCUT2D eigenvalue weighted by Crippen LogP contribution is -2.16. The summed E-state index contributed by atoms with van der Waals surface area (Å²) in [7, 11) is 0. The third kappa shape index (κ3) is 2.76. The second kappa shape index (κ2) is 5.62. The van der Waals surface area contributed by atoms with E-state index in [1.165, 1.54) is 10.5 Å². The first-order valence-electron chi connectivity index (χ1n) is 6.26. The first-order chi connectivity index (χ1) is 9.63. The second-order valence-corrected chi connectivity index (χ2v) is 6.43. The van der Waals surface area contributed by atoms with Crippen LogP contribution in [0.4, 0.5) is 14.5 Å². The van der Waals surface area contributed by atoms with Crippen LogP contribution < -0.4 is 5.32 Å². The van der Waals surface area contributed by atoms with E-state index >= 15 is 0 Å². The Labute approximate surface area is 125 Å². The lowest BCUT2D eigenvalue weighted by Gasteiger charge is -2.13. The van der Waals surface area contributed by atoms with Gasteiger partial charge in [-0.25, -0.2) is 8.78 Å². The molecule has 1 aliphatic rings. The molecule has 0 aromatic heterocycles. The van der Waals surface area contributed by atoms with E-state index in [1.807, 2.05) is 12.1 Å². The molecule has 1 N–H and O–H groups in total. The predicted octanol–water partition coefficient (Wildman–Crippen LogP) is 4.75. The first kappa shape index (κ1) is 13.7. The van der Waals surface area contributed by atoms with Gasteiger partial charge >= 0.3 is 0 Å². The van der Waals surface area contributed by atoms with Crippen molar-refractivity contribution in [3.63, 3.8) is 0 Å². The topological polar surface area (TPSA) is 12.0 Å². The summed E-state index contributed by atoms with van der Waals surface area (Å²) >= 11 is 7.63. The molecular weight excluding hydrogens is 300 g/mol. The maximum absolute atomic E-state index is 13.7. The van der Waals surface area contributed by atoms with Crippen LogP contribution in [0.5, 0.6) is 0 Å². The van der Waals surface area contributed by atoms with Crippen LogP contribution in [-0.4, -0.2) is 11.8 Å². The number of anilines is 1. The quantitative estimate of drug-likeness (QED) is 0.878. The Morgan fingerprint density at radius 1 is 1.25 bits per heavy atom. The van der Waals surface area contributed by atoms with Crippen molar-refractivity contribution in [2.75, 3.05) is 11.9 Å². The minimum absolute atomic E-state index is 0.0722. The van der Waals surface area contributed by atoms with Crippen molar-refractivity contribution in [1.29, 1.82) is 0 Å². The van der Waals surface area contributed by atoms with Crippen LogP contribution in [0.25, 0.3) is 0 Å². The molecular formula is C15H12ClF2NS. The minimum atomic E-state index is -0.666. The van der Waals surface area contributed by atoms with Gasteiger partial charge in [0, 0.05) is 22.8 Å². The van der Waals surface area contributed by atoms with Crippen LogP contribution in [-0.2, 0) is 6.42 Å². The maximum atomic E-state index is 13.7. The number of hydrogen-bond donors (Lipinski definition) is 1. The van der Waals surface area contributed by atoms with E-state index in [-0.39, 0.29) is 10.7 Å². The Morgan fingerprint density at radius 2 is 2.05 bits per heavy atom. The molecule has 1 unspecified atom stereocenters. The van der Waals surface area contributed by atoms with E-state index in [1.54, 1.807) is 11.8 Å². The van der Waals surface area contributed by atoms with Crippen LogP contribution in [0.2, 0.25) is 5.02 Å². The van der Waals surface area contributed by atoms with Gasteiger partial charge in [0.25, 0.3) is 0 Å². The third-order valence-corrected chi connectivity index (χ3v) is 4.84. The molecule has 0 aliphatic carbocycles. The molecule has 104 valence electrons. The molecule has 1 atom stereocenters. The Kier molecular flexibility index (Phi) is 3.85. The van der Waals surface area contributed by atoms with Crippen molar-refractivity contribution in [1.82, 2.24) is 0 Å². The molecule has 1 heterocycles. The predicted molar refractivity (Wildman–Crippen MR) is 79.6 cm³/mol. The highest BCUT2D eigenvalue weighted by Crippen LogP contribution is 2.37. The van der Waals surface area contributed by atoms with E-state index in [0.29, 0.717) is 11.8 Å². The van der Waals surface area contributed by atoms with Gasteiger partial charge in [0.05, 0.1) is 10.7 Å². The monoisotopic (exact) mass is 311 g/mol. The van der Waals surface area contributed by atoms with Crippen molar-refractivity contribution in [3.05, 3.63) is 58.6 Å². The first-order valence-corrected chi connectivity index (χ1v) is 7.52. The van der Waals surface area contributed by atoms with Crippen molar-refractivity contribution in [2.45, 2.75) is 16.6 Å². The standard InChI is InChI=1S/C15H12ClF2NS/c16-12-6-10(17)7-13(18)15(12)19-8-11-5-9-3-1-2-4-14(9)20-11/h1-4,6-7,11,19H,5,8H2. The highest BCUT2D eigenvalue weighted by Gasteiger charge is 2.22. The summed E-state index contributed by atoms with van der Waals surface area (Å²) in [6.07, 6.45) is 0.939. The van der Waals surface area contributed by atoms with E-state index in [2.05, 4.69) is 17.4 Å². The Hall–Kier alpha value is -1.26. The van der Waals surface area contributed by atoms with Crippen LogP contribution >= 0.6 is 23.4 Å². The number of fused-ring (bicyclic) bond motifs is 1. The molecule has 0 fully saturated rings. The average molecular weight is 312 g/mol. The molecule has 0 saturated carbocycles. The van der Waals surface area contributed by atoms with E-state index < -0.39 is 11.6 Å². The minimum Gasteiger partial charge on any atom is -0.380 e. The van der Waals surface area contributed by atoms with Gasteiger partial charge in [-0.15, -0.1) is 11.8 Å². The molecule has 1 aliphatic heterocycles. The molecule has 5 heteroatoms. The summed E-state index contributed by atoms with van der Waals surface area (Å²) in [5.74, 6) is -1.32.